The Morgan fingerprint density at radius 1 is 0.548 bits per heavy atom. The van der Waals surface area contributed by atoms with Crippen molar-refractivity contribution < 1.29 is 9.59 Å². The third-order valence-electron chi connectivity index (χ3n) is 6.10. The maximum atomic E-state index is 12.5. The van der Waals surface area contributed by atoms with Crippen molar-refractivity contribution in [2.24, 2.45) is 10.2 Å². The van der Waals surface area contributed by atoms with Gasteiger partial charge >= 0.3 is 0 Å². The van der Waals surface area contributed by atoms with Gasteiger partial charge in [-0.05, 0) is 59.7 Å². The normalized spacial score (nSPS) is 11.1. The molecule has 0 aliphatic rings. The smallest absolute Gasteiger partial charge is 0.271 e. The van der Waals surface area contributed by atoms with Crippen molar-refractivity contribution in [2.45, 2.75) is 0 Å². The molecule has 0 unspecified atom stereocenters. The average molecular weight is 650 g/mol. The van der Waals surface area contributed by atoms with Gasteiger partial charge in [-0.2, -0.15) is 10.2 Å². The summed E-state index contributed by atoms with van der Waals surface area (Å²) >= 11 is 23.5. The Kier molecular flexibility index (Phi) is 14.5. The molecule has 0 saturated heterocycles. The zero-order chi connectivity index (χ0) is 30.2. The number of nitrogens with zero attached hydrogens (tertiary/aromatic N) is 4. The Labute approximate surface area is 266 Å². The Bertz CT molecular complexity index is 1200. The molecule has 0 aliphatic carbocycles. The third-order valence-corrected chi connectivity index (χ3v) is 6.78. The molecule has 0 spiro atoms. The molecular formula is C30H32Cl4N6O2. The molecule has 3 aromatic carbocycles. The number of hydrogen-bond acceptors (Lipinski definition) is 6. The largest absolute Gasteiger partial charge is 0.369 e. The van der Waals surface area contributed by atoms with E-state index >= 15 is 0 Å². The van der Waals surface area contributed by atoms with Crippen LogP contribution in [0.2, 0.25) is 0 Å². The predicted molar refractivity (Wildman–Crippen MR) is 177 cm³/mol. The molecule has 0 aliphatic heterocycles. The minimum absolute atomic E-state index is 0.359. The molecule has 0 fully saturated rings. The molecule has 0 saturated carbocycles. The van der Waals surface area contributed by atoms with Crippen LogP contribution in [0.3, 0.4) is 0 Å². The number of benzene rings is 3. The van der Waals surface area contributed by atoms with E-state index in [2.05, 4.69) is 30.9 Å². The monoisotopic (exact) mass is 648 g/mol. The first kappa shape index (κ1) is 33.2. The number of hydrogen-bond donors (Lipinski definition) is 2. The number of hydrazone groups is 2. The molecule has 0 bridgehead atoms. The van der Waals surface area contributed by atoms with Crippen molar-refractivity contribution in [3.63, 3.8) is 0 Å². The average Bonchev–Trinajstić information content (AvgIpc) is 3.01. The lowest BCUT2D eigenvalue weighted by Gasteiger charge is -2.22. The number of nitrogens with one attached hydrogen (secondary N) is 2. The Hall–Kier alpha value is -3.30. The van der Waals surface area contributed by atoms with Crippen molar-refractivity contribution in [2.75, 3.05) is 59.5 Å². The van der Waals surface area contributed by atoms with Crippen molar-refractivity contribution in [3.8, 4) is 0 Å². The molecular weight excluding hydrogens is 618 g/mol. The van der Waals surface area contributed by atoms with E-state index in [0.717, 1.165) is 22.5 Å². The summed E-state index contributed by atoms with van der Waals surface area (Å²) in [5.41, 5.74) is 9.37. The van der Waals surface area contributed by atoms with Gasteiger partial charge in [0.1, 0.15) is 0 Å². The molecule has 0 atom stereocenters. The summed E-state index contributed by atoms with van der Waals surface area (Å²) in [7, 11) is 0. The van der Waals surface area contributed by atoms with Crippen LogP contribution in [0.1, 0.15) is 31.8 Å². The third kappa shape index (κ3) is 10.5. The lowest BCUT2D eigenvalue weighted by molar-refractivity contribution is 0.0943. The summed E-state index contributed by atoms with van der Waals surface area (Å²) in [4.78, 5) is 29.1. The van der Waals surface area contributed by atoms with Crippen molar-refractivity contribution in [1.29, 1.82) is 0 Å². The van der Waals surface area contributed by atoms with Gasteiger partial charge in [0.15, 0.2) is 0 Å². The Morgan fingerprint density at radius 3 is 1.14 bits per heavy atom. The summed E-state index contributed by atoms with van der Waals surface area (Å²) in [5.74, 6) is 1.22. The van der Waals surface area contributed by atoms with Crippen LogP contribution in [0.5, 0.6) is 0 Å². The second kappa shape index (κ2) is 18.3. The summed E-state index contributed by atoms with van der Waals surface area (Å²) in [6.45, 7) is 2.80. The molecule has 2 amide bonds. The van der Waals surface area contributed by atoms with E-state index in [9.17, 15) is 9.59 Å². The van der Waals surface area contributed by atoms with E-state index in [1.54, 1.807) is 36.7 Å². The number of alkyl halides is 4. The molecule has 0 heterocycles. The van der Waals surface area contributed by atoms with Gasteiger partial charge in [-0.25, -0.2) is 10.9 Å². The van der Waals surface area contributed by atoms with E-state index in [4.69, 9.17) is 46.4 Å². The topological polar surface area (TPSA) is 89.4 Å². The minimum Gasteiger partial charge on any atom is -0.369 e. The van der Waals surface area contributed by atoms with Gasteiger partial charge in [-0.15, -0.1) is 46.4 Å². The molecule has 3 aromatic rings. The van der Waals surface area contributed by atoms with Crippen LogP contribution in [0.15, 0.2) is 83.0 Å². The van der Waals surface area contributed by atoms with Crippen molar-refractivity contribution >= 4 is 82.0 Å². The van der Waals surface area contributed by atoms with Crippen LogP contribution >= 0.6 is 46.4 Å². The second-order valence-electron chi connectivity index (χ2n) is 8.89. The fourth-order valence-electron chi connectivity index (χ4n) is 3.92. The maximum absolute atomic E-state index is 12.5. The van der Waals surface area contributed by atoms with Crippen LogP contribution < -0.4 is 20.7 Å². The van der Waals surface area contributed by atoms with Crippen LogP contribution in [-0.2, 0) is 0 Å². The highest BCUT2D eigenvalue weighted by Crippen LogP contribution is 2.16. The van der Waals surface area contributed by atoms with Crippen LogP contribution in [0.4, 0.5) is 11.4 Å². The first-order valence-electron chi connectivity index (χ1n) is 13.2. The number of rotatable bonds is 16. The van der Waals surface area contributed by atoms with Crippen molar-refractivity contribution in [3.05, 3.63) is 95.1 Å². The zero-order valence-corrected chi connectivity index (χ0v) is 25.9. The lowest BCUT2D eigenvalue weighted by atomic mass is 10.1. The van der Waals surface area contributed by atoms with E-state index in [-0.39, 0.29) is 0 Å². The first-order chi connectivity index (χ1) is 20.5. The van der Waals surface area contributed by atoms with Gasteiger partial charge in [0.25, 0.3) is 11.8 Å². The van der Waals surface area contributed by atoms with Gasteiger partial charge in [-0.1, -0.05) is 24.3 Å². The maximum Gasteiger partial charge on any atom is 0.271 e. The second-order valence-corrected chi connectivity index (χ2v) is 10.4. The van der Waals surface area contributed by atoms with Gasteiger partial charge in [0.2, 0.25) is 0 Å². The number of carbonyl (C=O) groups is 2. The zero-order valence-electron chi connectivity index (χ0n) is 22.9. The molecule has 12 heteroatoms. The number of anilines is 2. The van der Waals surface area contributed by atoms with E-state index < -0.39 is 11.8 Å². The highest BCUT2D eigenvalue weighted by Gasteiger charge is 2.09. The Balaban J connectivity index is 1.49. The van der Waals surface area contributed by atoms with Crippen LogP contribution in [-0.4, -0.2) is 73.9 Å². The standard InChI is InChI=1S/C30H32Cl4N6O2/c31-13-17-39(18-14-32)27-9-1-23(2-10-27)21-35-37-29(41)25-5-7-26(8-6-25)30(42)38-36-22-24-3-11-28(12-4-24)40(19-15-33)20-16-34/h1-12,21-22H,13-20H2,(H,37,41)(H,38,42)/b35-21-,36-22+. The highest BCUT2D eigenvalue weighted by molar-refractivity contribution is 6.19. The SMILES string of the molecule is O=C(N/N=C\c1ccc(N(CCCl)CCCl)cc1)c1ccc(C(=O)N/N=C/c2ccc(N(CCCl)CCCl)cc2)cc1. The number of amides is 2. The molecule has 0 aromatic heterocycles. The Morgan fingerprint density at radius 2 is 0.857 bits per heavy atom. The molecule has 8 nitrogen and oxygen atoms in total. The van der Waals surface area contributed by atoms with E-state index in [0.29, 0.717) is 60.8 Å². The summed E-state index contributed by atoms with van der Waals surface area (Å²) < 4.78 is 0. The van der Waals surface area contributed by atoms with Crippen molar-refractivity contribution in [1.82, 2.24) is 10.9 Å². The summed E-state index contributed by atoms with van der Waals surface area (Å²) in [6, 6.07) is 21.6. The van der Waals surface area contributed by atoms with Gasteiger partial charge in [0.05, 0.1) is 12.4 Å². The van der Waals surface area contributed by atoms with E-state index in [1.807, 2.05) is 48.5 Å². The van der Waals surface area contributed by atoms with Gasteiger partial charge in [-0.3, -0.25) is 9.59 Å². The first-order valence-corrected chi connectivity index (χ1v) is 15.3. The molecule has 3 rings (SSSR count). The minimum atomic E-state index is -0.401. The van der Waals surface area contributed by atoms with E-state index in [1.165, 1.54) is 0 Å². The molecule has 0 radical (unpaired) electrons. The fourth-order valence-corrected chi connectivity index (χ4v) is 4.74. The van der Waals surface area contributed by atoms with Crippen LogP contribution in [0.25, 0.3) is 0 Å². The number of halogens is 4. The molecule has 222 valence electrons. The summed E-state index contributed by atoms with van der Waals surface area (Å²) in [6.07, 6.45) is 3.11. The quantitative estimate of drug-likeness (QED) is 0.117. The summed E-state index contributed by atoms with van der Waals surface area (Å²) in [5, 5.41) is 8.06. The number of carbonyl (C=O) groups excluding carboxylic acids is 2. The lowest BCUT2D eigenvalue weighted by Crippen LogP contribution is -2.27. The highest BCUT2D eigenvalue weighted by atomic mass is 35.5. The predicted octanol–water partition coefficient (Wildman–Crippen LogP) is 5.78. The van der Waals surface area contributed by atoms with Gasteiger partial charge < -0.3 is 9.80 Å². The fraction of sp³-hybridized carbons (Fsp3) is 0.267. The molecule has 42 heavy (non-hydrogen) atoms. The molecule has 2 N–H and O–H groups in total. The van der Waals surface area contributed by atoms with Gasteiger partial charge in [0, 0.05) is 72.2 Å². The van der Waals surface area contributed by atoms with Crippen LogP contribution in [0, 0.1) is 0 Å².